The summed E-state index contributed by atoms with van der Waals surface area (Å²) in [5.74, 6) is 4.25. The number of nitrogens with one attached hydrogen (secondary N) is 1. The molecule has 0 amide bonds. The number of aromatic nitrogens is 2. The van der Waals surface area contributed by atoms with Gasteiger partial charge in [-0.25, -0.2) is 0 Å². The van der Waals surface area contributed by atoms with Crippen molar-refractivity contribution >= 4 is 11.8 Å². The molecule has 1 aromatic heterocycles. The molecule has 0 spiro atoms. The minimum absolute atomic E-state index is 0.0368. The van der Waals surface area contributed by atoms with Gasteiger partial charge in [-0.1, -0.05) is 38.8 Å². The quantitative estimate of drug-likeness (QED) is 0.778. The molecule has 0 aliphatic heterocycles. The van der Waals surface area contributed by atoms with Gasteiger partial charge in [-0.2, -0.15) is 16.7 Å². The van der Waals surface area contributed by atoms with Crippen molar-refractivity contribution in [2.45, 2.75) is 57.9 Å². The first-order chi connectivity index (χ1) is 9.18. The molecule has 19 heavy (non-hydrogen) atoms. The van der Waals surface area contributed by atoms with E-state index in [-0.39, 0.29) is 5.54 Å². The highest BCUT2D eigenvalue weighted by Crippen LogP contribution is 2.37. The average Bonchev–Trinajstić information content (AvgIpc) is 3.04. The van der Waals surface area contributed by atoms with E-state index in [0.29, 0.717) is 5.92 Å². The van der Waals surface area contributed by atoms with E-state index >= 15 is 0 Å². The highest BCUT2D eigenvalue weighted by atomic mass is 32.2. The first kappa shape index (κ1) is 14.9. The predicted octanol–water partition coefficient (Wildman–Crippen LogP) is 3.31. The molecular formula is C14H25N3OS. The zero-order valence-electron chi connectivity index (χ0n) is 12.2. The van der Waals surface area contributed by atoms with Crippen molar-refractivity contribution in [2.24, 2.45) is 0 Å². The summed E-state index contributed by atoms with van der Waals surface area (Å²) in [6.07, 6.45) is 4.75. The van der Waals surface area contributed by atoms with E-state index < -0.39 is 0 Å². The first-order valence-electron chi connectivity index (χ1n) is 7.35. The first-order valence-corrected chi connectivity index (χ1v) is 8.50. The third-order valence-electron chi connectivity index (χ3n) is 3.73. The Morgan fingerprint density at radius 1 is 1.37 bits per heavy atom. The van der Waals surface area contributed by atoms with Crippen LogP contribution in [0, 0.1) is 0 Å². The van der Waals surface area contributed by atoms with Gasteiger partial charge >= 0.3 is 0 Å². The Morgan fingerprint density at radius 3 is 2.68 bits per heavy atom. The van der Waals surface area contributed by atoms with Gasteiger partial charge in [0.1, 0.15) is 0 Å². The lowest BCUT2D eigenvalue weighted by Gasteiger charge is -2.26. The molecule has 1 N–H and O–H groups in total. The third kappa shape index (κ3) is 3.51. The van der Waals surface area contributed by atoms with Crippen molar-refractivity contribution in [1.29, 1.82) is 0 Å². The Labute approximate surface area is 120 Å². The molecule has 0 saturated heterocycles. The Balaban J connectivity index is 2.05. The Kier molecular flexibility index (Phi) is 5.28. The maximum Gasteiger partial charge on any atom is 0.229 e. The van der Waals surface area contributed by atoms with Crippen molar-refractivity contribution in [2.75, 3.05) is 18.1 Å². The van der Waals surface area contributed by atoms with E-state index in [1.54, 1.807) is 0 Å². The lowest BCUT2D eigenvalue weighted by Crippen LogP contribution is -2.42. The van der Waals surface area contributed by atoms with Gasteiger partial charge in [0.15, 0.2) is 5.82 Å². The Hall–Kier alpha value is -0.550. The van der Waals surface area contributed by atoms with Crippen molar-refractivity contribution in [3.05, 3.63) is 11.7 Å². The molecule has 1 aromatic rings. The molecule has 0 radical (unpaired) electrons. The van der Waals surface area contributed by atoms with Gasteiger partial charge < -0.3 is 9.84 Å². The summed E-state index contributed by atoms with van der Waals surface area (Å²) in [7, 11) is 0. The normalized spacial score (nSPS) is 18.3. The number of thioether (sulfide) groups is 1. The van der Waals surface area contributed by atoms with Crippen LogP contribution in [0.4, 0.5) is 0 Å². The van der Waals surface area contributed by atoms with Crippen LogP contribution in [0.15, 0.2) is 4.52 Å². The highest BCUT2D eigenvalue weighted by Gasteiger charge is 2.39. The minimum atomic E-state index is -0.0368. The van der Waals surface area contributed by atoms with Gasteiger partial charge in [0.2, 0.25) is 5.89 Å². The second kappa shape index (κ2) is 6.75. The monoisotopic (exact) mass is 283 g/mol. The maximum absolute atomic E-state index is 5.38. The molecule has 0 bridgehead atoms. The van der Waals surface area contributed by atoms with Gasteiger partial charge in [0, 0.05) is 18.2 Å². The number of hydrogen-bond donors (Lipinski definition) is 1. The zero-order chi connectivity index (χ0) is 13.7. The van der Waals surface area contributed by atoms with E-state index in [2.05, 4.69) is 36.2 Å². The van der Waals surface area contributed by atoms with Gasteiger partial charge in [0.25, 0.3) is 0 Å². The van der Waals surface area contributed by atoms with Crippen LogP contribution in [0.3, 0.4) is 0 Å². The van der Waals surface area contributed by atoms with Crippen molar-refractivity contribution in [3.8, 4) is 0 Å². The van der Waals surface area contributed by atoms with Crippen LogP contribution in [0.25, 0.3) is 0 Å². The van der Waals surface area contributed by atoms with Crippen LogP contribution >= 0.6 is 11.8 Å². The van der Waals surface area contributed by atoms with Crippen molar-refractivity contribution < 1.29 is 4.52 Å². The fourth-order valence-electron chi connectivity index (χ4n) is 2.63. The van der Waals surface area contributed by atoms with Crippen LogP contribution in [-0.2, 0) is 5.54 Å². The zero-order valence-corrected chi connectivity index (χ0v) is 13.1. The van der Waals surface area contributed by atoms with E-state index in [0.717, 1.165) is 36.9 Å². The smallest absolute Gasteiger partial charge is 0.229 e. The minimum Gasteiger partial charge on any atom is -0.339 e. The molecule has 1 saturated carbocycles. The Morgan fingerprint density at radius 2 is 2.11 bits per heavy atom. The molecule has 4 nitrogen and oxygen atoms in total. The van der Waals surface area contributed by atoms with Crippen LogP contribution in [0.5, 0.6) is 0 Å². The van der Waals surface area contributed by atoms with Gasteiger partial charge in [0.05, 0.1) is 5.54 Å². The second-order valence-electron chi connectivity index (χ2n) is 5.52. The molecule has 108 valence electrons. The van der Waals surface area contributed by atoms with Gasteiger partial charge in [-0.3, -0.25) is 0 Å². The molecule has 0 atom stereocenters. The van der Waals surface area contributed by atoms with Crippen LogP contribution in [0.1, 0.15) is 64.1 Å². The van der Waals surface area contributed by atoms with Gasteiger partial charge in [-0.15, -0.1) is 0 Å². The number of hydrogen-bond acceptors (Lipinski definition) is 5. The maximum atomic E-state index is 5.38. The molecule has 0 aromatic carbocycles. The molecule has 1 aliphatic rings. The van der Waals surface area contributed by atoms with Crippen molar-refractivity contribution in [1.82, 2.24) is 15.5 Å². The molecule has 5 heteroatoms. The Bertz CT molecular complexity index is 386. The topological polar surface area (TPSA) is 51.0 Å². The summed E-state index contributed by atoms with van der Waals surface area (Å²) in [6.45, 7) is 7.39. The van der Waals surface area contributed by atoms with Crippen LogP contribution in [-0.4, -0.2) is 28.2 Å². The van der Waals surface area contributed by atoms with Crippen LogP contribution in [0.2, 0.25) is 0 Å². The van der Waals surface area contributed by atoms with Gasteiger partial charge in [-0.05, 0) is 18.6 Å². The predicted molar refractivity (Wildman–Crippen MR) is 79.5 cm³/mol. The number of rotatable bonds is 7. The fraction of sp³-hybridized carbons (Fsp3) is 0.857. The summed E-state index contributed by atoms with van der Waals surface area (Å²) < 4.78 is 5.38. The summed E-state index contributed by atoms with van der Waals surface area (Å²) in [5, 5.41) is 7.93. The molecule has 2 rings (SSSR count). The summed E-state index contributed by atoms with van der Waals surface area (Å²) in [4.78, 5) is 4.62. The molecular weight excluding hydrogens is 258 g/mol. The molecule has 1 heterocycles. The fourth-order valence-corrected chi connectivity index (χ4v) is 3.16. The third-order valence-corrected chi connectivity index (χ3v) is 4.64. The lowest BCUT2D eigenvalue weighted by molar-refractivity contribution is 0.302. The van der Waals surface area contributed by atoms with Crippen LogP contribution < -0.4 is 5.32 Å². The number of nitrogens with zero attached hydrogens (tertiary/aromatic N) is 2. The van der Waals surface area contributed by atoms with E-state index in [9.17, 15) is 0 Å². The molecule has 1 aliphatic carbocycles. The van der Waals surface area contributed by atoms with E-state index in [1.165, 1.54) is 18.6 Å². The SMILES string of the molecule is CCSCCNC1(c2noc(C(C)C)n2)CCCC1. The van der Waals surface area contributed by atoms with Crippen molar-refractivity contribution in [3.63, 3.8) is 0 Å². The summed E-state index contributed by atoms with van der Waals surface area (Å²) >= 11 is 1.97. The molecule has 0 unspecified atom stereocenters. The molecule has 1 fully saturated rings. The highest BCUT2D eigenvalue weighted by molar-refractivity contribution is 7.99. The summed E-state index contributed by atoms with van der Waals surface area (Å²) in [6, 6.07) is 0. The summed E-state index contributed by atoms with van der Waals surface area (Å²) in [5.41, 5.74) is -0.0368. The standard InChI is InChI=1S/C14H25N3OS/c1-4-19-10-9-15-14(7-5-6-8-14)13-16-12(11(2)3)18-17-13/h11,15H,4-10H2,1-3H3. The largest absolute Gasteiger partial charge is 0.339 e. The second-order valence-corrected chi connectivity index (χ2v) is 6.92. The van der Waals surface area contributed by atoms with E-state index in [1.807, 2.05) is 11.8 Å². The van der Waals surface area contributed by atoms with E-state index in [4.69, 9.17) is 4.52 Å². The lowest BCUT2D eigenvalue weighted by atomic mass is 9.96. The average molecular weight is 283 g/mol.